The van der Waals surface area contributed by atoms with E-state index in [1.165, 1.54) is 10.9 Å². The first-order valence-corrected chi connectivity index (χ1v) is 21.7. The van der Waals surface area contributed by atoms with Crippen molar-refractivity contribution in [1.29, 1.82) is 0 Å². The molecule has 0 aliphatic heterocycles. The van der Waals surface area contributed by atoms with Crippen molar-refractivity contribution in [2.75, 3.05) is 0 Å². The highest BCUT2D eigenvalue weighted by Crippen LogP contribution is 2.56. The Bertz CT molecular complexity index is 3290. The number of hydrogen-bond donors (Lipinski definition) is 0. The molecule has 11 rings (SSSR count). The van der Waals surface area contributed by atoms with Gasteiger partial charge in [-0.15, -0.1) is 0 Å². The zero-order chi connectivity index (χ0) is 42.7. The van der Waals surface area contributed by atoms with Crippen LogP contribution in [0.2, 0.25) is 0 Å². The van der Waals surface area contributed by atoms with Crippen LogP contribution in [-0.2, 0) is 0 Å². The minimum Gasteiger partial charge on any atom is -0.208 e. The first kappa shape index (κ1) is 38.4. The molecule has 3 nitrogen and oxygen atoms in total. The Kier molecular flexibility index (Phi) is 10.3. The van der Waals surface area contributed by atoms with Crippen LogP contribution in [0.5, 0.6) is 0 Å². The van der Waals surface area contributed by atoms with Crippen LogP contribution in [-0.4, -0.2) is 15.0 Å². The molecule has 3 heteroatoms. The Balaban J connectivity index is 1.32. The molecule has 0 radical (unpaired) electrons. The molecular weight excluding hydrogens is 775 g/mol. The number of benzene rings is 10. The Morgan fingerprint density at radius 3 is 0.938 bits per heavy atom. The molecule has 0 N–H and O–H groups in total. The van der Waals surface area contributed by atoms with E-state index in [-0.39, 0.29) is 0 Å². The van der Waals surface area contributed by atoms with E-state index < -0.39 is 0 Å². The first-order valence-electron chi connectivity index (χ1n) is 21.7. The van der Waals surface area contributed by atoms with Crippen molar-refractivity contribution in [2.45, 2.75) is 0 Å². The quantitative estimate of drug-likeness (QED) is 0.146. The van der Waals surface area contributed by atoms with Crippen molar-refractivity contribution in [3.05, 3.63) is 249 Å². The fourth-order valence-electron chi connectivity index (χ4n) is 9.05. The van der Waals surface area contributed by atoms with Gasteiger partial charge in [0.15, 0.2) is 17.5 Å². The number of aromatic nitrogens is 3. The van der Waals surface area contributed by atoms with Gasteiger partial charge >= 0.3 is 0 Å². The van der Waals surface area contributed by atoms with E-state index >= 15 is 0 Å². The second kappa shape index (κ2) is 17.1. The van der Waals surface area contributed by atoms with E-state index in [0.717, 1.165) is 83.3 Å². The second-order valence-electron chi connectivity index (χ2n) is 15.9. The monoisotopic (exact) mass is 815 g/mol. The predicted octanol–water partition coefficient (Wildman–Crippen LogP) is 16.0. The summed E-state index contributed by atoms with van der Waals surface area (Å²) in [6.07, 6.45) is 0. The van der Waals surface area contributed by atoms with Crippen LogP contribution in [0.4, 0.5) is 0 Å². The fraction of sp³-hybridized carbons (Fsp3) is 0. The molecule has 0 unspecified atom stereocenters. The highest BCUT2D eigenvalue weighted by Gasteiger charge is 2.30. The van der Waals surface area contributed by atoms with Crippen molar-refractivity contribution in [2.24, 2.45) is 0 Å². The maximum atomic E-state index is 5.40. The van der Waals surface area contributed by atoms with Gasteiger partial charge in [-0.25, -0.2) is 15.0 Å². The van der Waals surface area contributed by atoms with E-state index in [4.69, 9.17) is 15.0 Å². The lowest BCUT2D eigenvalue weighted by atomic mass is 9.73. The Morgan fingerprint density at radius 1 is 0.188 bits per heavy atom. The molecule has 0 atom stereocenters. The van der Waals surface area contributed by atoms with Gasteiger partial charge in [0, 0.05) is 16.7 Å². The molecule has 0 bridgehead atoms. The third kappa shape index (κ3) is 7.25. The summed E-state index contributed by atoms with van der Waals surface area (Å²) in [6, 6.07) is 88.1. The van der Waals surface area contributed by atoms with Gasteiger partial charge in [-0.2, -0.15) is 0 Å². The average molecular weight is 816 g/mol. The van der Waals surface area contributed by atoms with E-state index in [0.29, 0.717) is 17.5 Å². The molecule has 0 spiro atoms. The van der Waals surface area contributed by atoms with Crippen molar-refractivity contribution < 1.29 is 0 Å². The third-order valence-electron chi connectivity index (χ3n) is 11.9. The lowest BCUT2D eigenvalue weighted by molar-refractivity contribution is 1.07. The molecule has 0 aliphatic carbocycles. The van der Waals surface area contributed by atoms with Crippen molar-refractivity contribution in [3.8, 4) is 101 Å². The summed E-state index contributed by atoms with van der Waals surface area (Å²) in [4.78, 5) is 15.9. The van der Waals surface area contributed by atoms with Crippen LogP contribution in [0.1, 0.15) is 0 Å². The van der Waals surface area contributed by atoms with Gasteiger partial charge in [0.1, 0.15) is 0 Å². The molecule has 1 heterocycles. The van der Waals surface area contributed by atoms with Gasteiger partial charge in [0.2, 0.25) is 0 Å². The normalized spacial score (nSPS) is 11.1. The van der Waals surface area contributed by atoms with Gasteiger partial charge in [0.25, 0.3) is 0 Å². The van der Waals surface area contributed by atoms with E-state index in [1.54, 1.807) is 0 Å². The molecule has 0 saturated heterocycles. The Hall–Kier alpha value is -8.53. The standard InChI is InChI=1S/C61H41N3/c1-7-24-43(25-8-1)53-54(44-26-9-2-10-27-44)56(46-30-13-4-14-31-46)58(57(47-32-15-5-16-33-47)55(53)45-28-11-3-12-29-45)51-37-21-22-38-52(51)61-63-59(48-34-17-6-18-35-48)62-60(64-61)50-40-39-42-23-19-20-36-49(42)41-50/h1-41H. The van der Waals surface area contributed by atoms with Crippen molar-refractivity contribution in [1.82, 2.24) is 15.0 Å². The minimum absolute atomic E-state index is 0.597. The highest BCUT2D eigenvalue weighted by atomic mass is 15.0. The SMILES string of the molecule is c1ccc(-c2nc(-c3ccc4ccccc4c3)nc(-c3ccccc3-c3c(-c4ccccc4)c(-c4ccccc4)c(-c4ccccc4)c(-c4ccccc4)c3-c3ccccc3)n2)cc1. The predicted molar refractivity (Wildman–Crippen MR) is 266 cm³/mol. The average Bonchev–Trinajstić information content (AvgIpc) is 3.39. The summed E-state index contributed by atoms with van der Waals surface area (Å²) in [5.74, 6) is 1.83. The summed E-state index contributed by atoms with van der Waals surface area (Å²) in [6.45, 7) is 0. The van der Waals surface area contributed by atoms with E-state index in [9.17, 15) is 0 Å². The van der Waals surface area contributed by atoms with Gasteiger partial charge in [-0.05, 0) is 83.6 Å². The van der Waals surface area contributed by atoms with Crippen LogP contribution in [0.25, 0.3) is 112 Å². The lowest BCUT2D eigenvalue weighted by Crippen LogP contribution is -2.04. The van der Waals surface area contributed by atoms with Crippen LogP contribution < -0.4 is 0 Å². The van der Waals surface area contributed by atoms with Crippen molar-refractivity contribution >= 4 is 10.8 Å². The zero-order valence-electron chi connectivity index (χ0n) is 35.0. The number of nitrogens with zero attached hydrogens (tertiary/aromatic N) is 3. The minimum atomic E-state index is 0.597. The summed E-state index contributed by atoms with van der Waals surface area (Å²) >= 11 is 0. The lowest BCUT2D eigenvalue weighted by Gasteiger charge is -2.29. The summed E-state index contributed by atoms with van der Waals surface area (Å²) in [5, 5.41) is 2.29. The molecule has 0 fully saturated rings. The van der Waals surface area contributed by atoms with Crippen LogP contribution in [0, 0.1) is 0 Å². The fourth-order valence-corrected chi connectivity index (χ4v) is 9.05. The number of hydrogen-bond acceptors (Lipinski definition) is 3. The molecule has 64 heavy (non-hydrogen) atoms. The van der Waals surface area contributed by atoms with Gasteiger partial charge in [0.05, 0.1) is 0 Å². The molecule has 0 saturated carbocycles. The largest absolute Gasteiger partial charge is 0.208 e. The molecule has 1 aromatic heterocycles. The number of rotatable bonds is 9. The van der Waals surface area contributed by atoms with Crippen LogP contribution >= 0.6 is 0 Å². The molecule has 0 amide bonds. The Morgan fingerprint density at radius 2 is 0.500 bits per heavy atom. The van der Waals surface area contributed by atoms with Crippen molar-refractivity contribution in [3.63, 3.8) is 0 Å². The molecular formula is C61H41N3. The van der Waals surface area contributed by atoms with E-state index in [2.05, 4.69) is 231 Å². The van der Waals surface area contributed by atoms with Gasteiger partial charge in [-0.1, -0.05) is 243 Å². The summed E-state index contributed by atoms with van der Waals surface area (Å²) in [7, 11) is 0. The Labute approximate surface area is 373 Å². The second-order valence-corrected chi connectivity index (χ2v) is 15.9. The first-order chi connectivity index (χ1) is 31.8. The number of fused-ring (bicyclic) bond motifs is 1. The van der Waals surface area contributed by atoms with Crippen LogP contribution in [0.3, 0.4) is 0 Å². The maximum absolute atomic E-state index is 5.40. The topological polar surface area (TPSA) is 38.7 Å². The van der Waals surface area contributed by atoms with Crippen LogP contribution in [0.15, 0.2) is 249 Å². The van der Waals surface area contributed by atoms with E-state index in [1.807, 2.05) is 18.2 Å². The summed E-state index contributed by atoms with van der Waals surface area (Å²) < 4.78 is 0. The van der Waals surface area contributed by atoms with Gasteiger partial charge < -0.3 is 0 Å². The smallest absolute Gasteiger partial charge is 0.164 e. The van der Waals surface area contributed by atoms with Gasteiger partial charge in [-0.3, -0.25) is 0 Å². The zero-order valence-corrected chi connectivity index (χ0v) is 35.0. The molecule has 300 valence electrons. The third-order valence-corrected chi connectivity index (χ3v) is 11.9. The summed E-state index contributed by atoms with van der Waals surface area (Å²) in [5.41, 5.74) is 16.2. The molecule has 11 aromatic rings. The highest BCUT2D eigenvalue weighted by molar-refractivity contribution is 6.16. The molecule has 0 aliphatic rings. The molecule has 10 aromatic carbocycles. The maximum Gasteiger partial charge on any atom is 0.164 e.